The van der Waals surface area contributed by atoms with E-state index in [0.717, 1.165) is 18.4 Å². The van der Waals surface area contributed by atoms with Gasteiger partial charge in [-0.1, -0.05) is 50.3 Å². The van der Waals surface area contributed by atoms with Crippen LogP contribution in [0.15, 0.2) is 41.3 Å². The molecule has 1 N–H and O–H groups in total. The molecule has 0 bridgehead atoms. The van der Waals surface area contributed by atoms with Gasteiger partial charge in [-0.15, -0.1) is 11.8 Å². The molecule has 1 heterocycles. The van der Waals surface area contributed by atoms with E-state index in [2.05, 4.69) is 25.2 Å². The number of allylic oxidation sites excluding steroid dienone is 1. The van der Waals surface area contributed by atoms with Crippen LogP contribution in [0.25, 0.3) is 0 Å². The Morgan fingerprint density at radius 1 is 1.45 bits per heavy atom. The van der Waals surface area contributed by atoms with Crippen molar-refractivity contribution in [2.45, 2.75) is 44.6 Å². The zero-order chi connectivity index (χ0) is 14.4. The fourth-order valence-electron chi connectivity index (χ4n) is 2.12. The largest absolute Gasteiger partial charge is 0.445 e. The minimum atomic E-state index is -0.346. The number of carbonyl (C=O) groups is 1. The number of alkyl carbamates (subject to hydrolysis) is 1. The molecule has 4 heteroatoms. The number of amides is 1. The maximum atomic E-state index is 11.9. The lowest BCUT2D eigenvalue weighted by atomic mass is 10.2. The second-order valence-corrected chi connectivity index (χ2v) is 6.45. The number of hydrogen-bond donors (Lipinski definition) is 1. The zero-order valence-electron chi connectivity index (χ0n) is 12.0. The van der Waals surface area contributed by atoms with Crippen molar-refractivity contribution >= 4 is 17.9 Å². The van der Waals surface area contributed by atoms with Crippen molar-refractivity contribution in [3.05, 3.63) is 46.9 Å². The molecule has 0 fully saturated rings. The van der Waals surface area contributed by atoms with Crippen LogP contribution in [0.2, 0.25) is 0 Å². The molecule has 1 unspecified atom stereocenters. The second kappa shape index (κ2) is 7.39. The average molecular weight is 291 g/mol. The number of hydrogen-bond acceptors (Lipinski definition) is 3. The first-order chi connectivity index (χ1) is 9.69. The second-order valence-electron chi connectivity index (χ2n) is 4.94. The van der Waals surface area contributed by atoms with E-state index < -0.39 is 0 Å². The number of nitrogens with one attached hydrogen (secondary N) is 1. The van der Waals surface area contributed by atoms with E-state index in [-0.39, 0.29) is 12.1 Å². The van der Waals surface area contributed by atoms with E-state index in [0.29, 0.717) is 11.9 Å². The molecule has 3 nitrogen and oxygen atoms in total. The summed E-state index contributed by atoms with van der Waals surface area (Å²) in [5, 5.41) is 3.56. The Morgan fingerprint density at radius 2 is 2.20 bits per heavy atom. The molecule has 1 aliphatic rings. The van der Waals surface area contributed by atoms with Crippen molar-refractivity contribution < 1.29 is 9.53 Å². The van der Waals surface area contributed by atoms with E-state index in [9.17, 15) is 4.79 Å². The number of benzene rings is 1. The lowest BCUT2D eigenvalue weighted by molar-refractivity contribution is 0.137. The molecule has 2 rings (SSSR count). The van der Waals surface area contributed by atoms with Crippen LogP contribution in [0.5, 0.6) is 0 Å². The minimum absolute atomic E-state index is 0.0771. The summed E-state index contributed by atoms with van der Waals surface area (Å²) >= 11 is 1.85. The molecule has 0 spiro atoms. The van der Waals surface area contributed by atoms with Crippen LogP contribution >= 0.6 is 11.8 Å². The molecule has 0 saturated heterocycles. The highest BCUT2D eigenvalue weighted by Gasteiger charge is 2.22. The lowest BCUT2D eigenvalue weighted by Crippen LogP contribution is -2.35. The summed E-state index contributed by atoms with van der Waals surface area (Å²) in [6.45, 7) is 4.59. The molecule has 0 aromatic heterocycles. The third kappa shape index (κ3) is 4.30. The monoisotopic (exact) mass is 291 g/mol. The summed E-state index contributed by atoms with van der Waals surface area (Å²) in [7, 11) is 0. The van der Waals surface area contributed by atoms with Gasteiger partial charge in [-0.2, -0.15) is 0 Å². The van der Waals surface area contributed by atoms with Gasteiger partial charge in [-0.05, 0) is 18.4 Å². The summed E-state index contributed by atoms with van der Waals surface area (Å²) < 4.78 is 5.26. The Balaban J connectivity index is 1.81. The Labute approximate surface area is 124 Å². The molecule has 20 heavy (non-hydrogen) atoms. The molecule has 0 saturated carbocycles. The first-order valence-electron chi connectivity index (χ1n) is 7.03. The Hall–Kier alpha value is -1.42. The molecule has 1 aromatic rings. The number of rotatable bonds is 5. The predicted octanol–water partition coefficient (Wildman–Crippen LogP) is 4.10. The van der Waals surface area contributed by atoms with Crippen LogP contribution in [-0.4, -0.2) is 17.4 Å². The highest BCUT2D eigenvalue weighted by molar-refractivity contribution is 8.03. The van der Waals surface area contributed by atoms with Gasteiger partial charge in [0, 0.05) is 10.2 Å². The van der Waals surface area contributed by atoms with Gasteiger partial charge in [-0.3, -0.25) is 0 Å². The van der Waals surface area contributed by atoms with E-state index in [4.69, 9.17) is 4.74 Å². The fourth-order valence-corrected chi connectivity index (χ4v) is 3.36. The summed E-state index contributed by atoms with van der Waals surface area (Å²) in [6, 6.07) is 9.79. The van der Waals surface area contributed by atoms with Crippen LogP contribution in [0, 0.1) is 0 Å². The van der Waals surface area contributed by atoms with Gasteiger partial charge in [0.1, 0.15) is 6.61 Å². The maximum Gasteiger partial charge on any atom is 0.407 e. The predicted molar refractivity (Wildman–Crippen MR) is 83.6 cm³/mol. The van der Waals surface area contributed by atoms with Gasteiger partial charge in [0.05, 0.1) is 6.04 Å². The topological polar surface area (TPSA) is 38.3 Å². The van der Waals surface area contributed by atoms with Gasteiger partial charge in [0.2, 0.25) is 0 Å². The first-order valence-corrected chi connectivity index (χ1v) is 7.91. The van der Waals surface area contributed by atoms with Gasteiger partial charge in [0.15, 0.2) is 0 Å². The summed E-state index contributed by atoms with van der Waals surface area (Å²) in [5.74, 6) is 0. The van der Waals surface area contributed by atoms with Crippen molar-refractivity contribution in [1.82, 2.24) is 5.32 Å². The molecule has 1 aromatic carbocycles. The molecular formula is C16H21NO2S. The number of carbonyl (C=O) groups excluding carboxylic acids is 1. The molecule has 2 atom stereocenters. The Kier molecular flexibility index (Phi) is 5.53. The third-order valence-corrected chi connectivity index (χ3v) is 4.56. The van der Waals surface area contributed by atoms with Crippen molar-refractivity contribution in [3.63, 3.8) is 0 Å². The Bertz CT molecular complexity index is 473. The van der Waals surface area contributed by atoms with Crippen LogP contribution in [0.3, 0.4) is 0 Å². The smallest absolute Gasteiger partial charge is 0.407 e. The Morgan fingerprint density at radius 3 is 2.80 bits per heavy atom. The molecule has 1 amide bonds. The van der Waals surface area contributed by atoms with Crippen LogP contribution in [0.4, 0.5) is 4.79 Å². The van der Waals surface area contributed by atoms with Gasteiger partial charge < -0.3 is 10.1 Å². The number of thioether (sulfide) groups is 1. The zero-order valence-corrected chi connectivity index (χ0v) is 12.8. The maximum absolute atomic E-state index is 11.9. The van der Waals surface area contributed by atoms with Crippen LogP contribution < -0.4 is 5.32 Å². The first kappa shape index (κ1) is 15.0. The SMILES string of the molecule is CCC(NC(=O)OCc1ccccc1)C1=CC[C@H](C)S1. The quantitative estimate of drug-likeness (QED) is 0.887. The van der Waals surface area contributed by atoms with Crippen molar-refractivity contribution in [1.29, 1.82) is 0 Å². The van der Waals surface area contributed by atoms with Crippen molar-refractivity contribution in [2.24, 2.45) is 0 Å². The molecule has 1 aliphatic heterocycles. The molecule has 0 aliphatic carbocycles. The molecule has 108 valence electrons. The van der Waals surface area contributed by atoms with Crippen molar-refractivity contribution in [2.75, 3.05) is 0 Å². The fraction of sp³-hybridized carbons (Fsp3) is 0.438. The van der Waals surface area contributed by atoms with E-state index in [1.165, 1.54) is 4.91 Å². The summed E-state index contributed by atoms with van der Waals surface area (Å²) in [4.78, 5) is 13.1. The lowest BCUT2D eigenvalue weighted by Gasteiger charge is -2.18. The average Bonchev–Trinajstić information content (AvgIpc) is 2.90. The van der Waals surface area contributed by atoms with E-state index >= 15 is 0 Å². The van der Waals surface area contributed by atoms with Crippen molar-refractivity contribution in [3.8, 4) is 0 Å². The molecule has 0 radical (unpaired) electrons. The van der Waals surface area contributed by atoms with Crippen LogP contribution in [0.1, 0.15) is 32.3 Å². The standard InChI is InChI=1S/C16H21NO2S/c1-3-14(15-10-9-12(2)20-15)17-16(18)19-11-13-7-5-4-6-8-13/h4-8,10,12,14H,3,9,11H2,1-2H3,(H,17,18)/t12-,14?/m0/s1. The highest BCUT2D eigenvalue weighted by Crippen LogP contribution is 2.34. The third-order valence-electron chi connectivity index (χ3n) is 3.24. The van der Waals surface area contributed by atoms with Gasteiger partial charge in [-0.25, -0.2) is 4.79 Å². The highest BCUT2D eigenvalue weighted by atomic mass is 32.2. The normalized spacial score (nSPS) is 19.3. The summed E-state index contributed by atoms with van der Waals surface area (Å²) in [6.07, 6.45) is 3.84. The molecular weight excluding hydrogens is 270 g/mol. The van der Waals surface area contributed by atoms with Gasteiger partial charge in [0.25, 0.3) is 0 Å². The summed E-state index contributed by atoms with van der Waals surface area (Å²) in [5.41, 5.74) is 0.999. The number of ether oxygens (including phenoxy) is 1. The van der Waals surface area contributed by atoms with E-state index in [1.54, 1.807) is 0 Å². The minimum Gasteiger partial charge on any atom is -0.445 e. The van der Waals surface area contributed by atoms with Gasteiger partial charge >= 0.3 is 6.09 Å². The van der Waals surface area contributed by atoms with Crippen LogP contribution in [-0.2, 0) is 11.3 Å². The van der Waals surface area contributed by atoms with E-state index in [1.807, 2.05) is 42.1 Å².